The van der Waals surface area contributed by atoms with Crippen LogP contribution < -0.4 is 4.72 Å². The summed E-state index contributed by atoms with van der Waals surface area (Å²) < 4.78 is 33.6. The van der Waals surface area contributed by atoms with E-state index in [0.717, 1.165) is 19.1 Å². The molecule has 2 aliphatic rings. The molecule has 3 atom stereocenters. The summed E-state index contributed by atoms with van der Waals surface area (Å²) in [5, 5.41) is 0. The molecule has 1 amide bonds. The number of nitrogens with one attached hydrogen (secondary N) is 1. The molecule has 0 aliphatic carbocycles. The molecular formula is C15H23N3O4S. The van der Waals surface area contributed by atoms with Gasteiger partial charge in [0, 0.05) is 38.9 Å². The molecule has 2 saturated heterocycles. The number of aryl methyl sites for hydroxylation is 1. The normalized spacial score (nSPS) is 28.4. The summed E-state index contributed by atoms with van der Waals surface area (Å²) in [6, 6.07) is 3.22. The number of sulfonamides is 1. The number of ether oxygens (including phenoxy) is 1. The Balaban J connectivity index is 1.82. The molecule has 3 rings (SSSR count). The van der Waals surface area contributed by atoms with Crippen LogP contribution in [0.2, 0.25) is 0 Å². The van der Waals surface area contributed by atoms with Crippen LogP contribution in [-0.4, -0.2) is 61.9 Å². The third-order valence-electron chi connectivity index (χ3n) is 4.58. The lowest BCUT2D eigenvalue weighted by Crippen LogP contribution is -2.61. The zero-order valence-corrected chi connectivity index (χ0v) is 14.3. The summed E-state index contributed by atoms with van der Waals surface area (Å²) >= 11 is 0. The molecule has 7 nitrogen and oxygen atoms in total. The number of hydrogen-bond acceptors (Lipinski definition) is 4. The molecule has 0 bridgehead atoms. The van der Waals surface area contributed by atoms with E-state index < -0.39 is 16.1 Å². The van der Waals surface area contributed by atoms with Crippen molar-refractivity contribution in [1.82, 2.24) is 14.2 Å². The van der Waals surface area contributed by atoms with E-state index in [-0.39, 0.29) is 17.9 Å². The molecule has 1 N–H and O–H groups in total. The minimum atomic E-state index is -3.36. The zero-order valence-electron chi connectivity index (χ0n) is 13.4. The number of nitrogens with zero attached hydrogens (tertiary/aromatic N) is 2. The van der Waals surface area contributed by atoms with E-state index in [1.54, 1.807) is 15.5 Å². The molecule has 2 aliphatic heterocycles. The molecule has 8 heteroatoms. The number of piperidine rings is 1. The van der Waals surface area contributed by atoms with Crippen molar-refractivity contribution in [3.05, 3.63) is 24.0 Å². The van der Waals surface area contributed by atoms with Gasteiger partial charge in [0.2, 0.25) is 10.0 Å². The van der Waals surface area contributed by atoms with E-state index in [4.69, 9.17) is 4.74 Å². The maximum atomic E-state index is 12.8. The van der Waals surface area contributed by atoms with Gasteiger partial charge in [0.15, 0.2) is 0 Å². The highest BCUT2D eigenvalue weighted by Crippen LogP contribution is 2.29. The lowest BCUT2D eigenvalue weighted by atomic mass is 9.85. The van der Waals surface area contributed by atoms with Crippen LogP contribution in [-0.2, 0) is 21.8 Å². The summed E-state index contributed by atoms with van der Waals surface area (Å²) in [7, 11) is -1.53. The molecular weight excluding hydrogens is 318 g/mol. The number of amides is 1. The Labute approximate surface area is 136 Å². The van der Waals surface area contributed by atoms with E-state index >= 15 is 0 Å². The first-order valence-electron chi connectivity index (χ1n) is 7.84. The Morgan fingerprint density at radius 2 is 2.17 bits per heavy atom. The average molecular weight is 341 g/mol. The largest absolute Gasteiger partial charge is 0.376 e. The predicted molar refractivity (Wildman–Crippen MR) is 85.5 cm³/mol. The van der Waals surface area contributed by atoms with Gasteiger partial charge in [0.25, 0.3) is 5.91 Å². The summed E-state index contributed by atoms with van der Waals surface area (Å²) in [5.74, 6) is 0.0998. The third kappa shape index (κ3) is 3.59. The van der Waals surface area contributed by atoms with Gasteiger partial charge in [-0.2, -0.15) is 0 Å². The highest BCUT2D eigenvalue weighted by Gasteiger charge is 2.42. The predicted octanol–water partition coefficient (Wildman–Crippen LogP) is 0.194. The van der Waals surface area contributed by atoms with Gasteiger partial charge in [0.05, 0.1) is 18.4 Å². The minimum absolute atomic E-state index is 0.0678. The van der Waals surface area contributed by atoms with Crippen molar-refractivity contribution in [2.75, 3.05) is 26.0 Å². The zero-order chi connectivity index (χ0) is 16.6. The van der Waals surface area contributed by atoms with Gasteiger partial charge < -0.3 is 14.2 Å². The Morgan fingerprint density at radius 1 is 1.39 bits per heavy atom. The lowest BCUT2D eigenvalue weighted by molar-refractivity contribution is -0.0750. The van der Waals surface area contributed by atoms with Gasteiger partial charge >= 0.3 is 0 Å². The van der Waals surface area contributed by atoms with E-state index in [1.807, 2.05) is 19.3 Å². The van der Waals surface area contributed by atoms with Crippen LogP contribution in [0.25, 0.3) is 0 Å². The highest BCUT2D eigenvalue weighted by atomic mass is 32.2. The van der Waals surface area contributed by atoms with Crippen molar-refractivity contribution >= 4 is 15.9 Å². The second-order valence-corrected chi connectivity index (χ2v) is 8.23. The second kappa shape index (κ2) is 6.26. The second-order valence-electron chi connectivity index (χ2n) is 6.45. The van der Waals surface area contributed by atoms with Gasteiger partial charge in [0.1, 0.15) is 5.69 Å². The third-order valence-corrected chi connectivity index (χ3v) is 5.31. The Bertz CT molecular complexity index is 685. The smallest absolute Gasteiger partial charge is 0.270 e. The molecule has 1 aromatic heterocycles. The summed E-state index contributed by atoms with van der Waals surface area (Å²) in [6.07, 6.45) is 4.71. The van der Waals surface area contributed by atoms with Crippen LogP contribution in [0.3, 0.4) is 0 Å². The fourth-order valence-corrected chi connectivity index (χ4v) is 4.35. The van der Waals surface area contributed by atoms with Gasteiger partial charge in [-0.25, -0.2) is 13.1 Å². The van der Waals surface area contributed by atoms with Crippen molar-refractivity contribution in [2.45, 2.75) is 25.0 Å². The molecule has 2 fully saturated rings. The van der Waals surface area contributed by atoms with Crippen molar-refractivity contribution in [3.63, 3.8) is 0 Å². The number of carbonyl (C=O) groups excluding carboxylic acids is 1. The van der Waals surface area contributed by atoms with E-state index in [1.165, 1.54) is 0 Å². The van der Waals surface area contributed by atoms with Crippen LogP contribution in [0.1, 0.15) is 23.3 Å². The van der Waals surface area contributed by atoms with Gasteiger partial charge in [-0.1, -0.05) is 0 Å². The molecule has 0 saturated carbocycles. The van der Waals surface area contributed by atoms with Crippen molar-refractivity contribution in [2.24, 2.45) is 13.0 Å². The standard InChI is InChI=1S/C15H23N3O4S/c1-17-7-3-6-13(17)15(19)18-9-11-5-4-8-22-14(11)12(10-18)16-23(2,20)21/h3,6-7,11-12,14,16H,4-5,8-10H2,1-2H3/t11-,12+,14-/m0/s1. The maximum absolute atomic E-state index is 12.8. The maximum Gasteiger partial charge on any atom is 0.270 e. The number of carbonyl (C=O) groups is 1. The Kier molecular flexibility index (Phi) is 4.48. The molecule has 3 heterocycles. The Hall–Kier alpha value is -1.38. The molecule has 0 radical (unpaired) electrons. The van der Waals surface area contributed by atoms with Crippen molar-refractivity contribution in [1.29, 1.82) is 0 Å². The van der Waals surface area contributed by atoms with Crippen LogP contribution in [0, 0.1) is 5.92 Å². The minimum Gasteiger partial charge on any atom is -0.376 e. The number of fused-ring (bicyclic) bond motifs is 1. The molecule has 0 unspecified atom stereocenters. The molecule has 128 valence electrons. The molecule has 1 aromatic rings. The van der Waals surface area contributed by atoms with Crippen LogP contribution in [0.4, 0.5) is 0 Å². The summed E-state index contributed by atoms with van der Waals surface area (Å²) in [4.78, 5) is 14.5. The SMILES string of the molecule is Cn1cccc1C(=O)N1C[C@@H]2CCCO[C@@H]2[C@H](NS(C)(=O)=O)C1. The summed E-state index contributed by atoms with van der Waals surface area (Å²) in [5.41, 5.74) is 0.610. The first kappa shape index (κ1) is 16.5. The fraction of sp³-hybridized carbons (Fsp3) is 0.667. The first-order valence-corrected chi connectivity index (χ1v) is 9.74. The number of hydrogen-bond donors (Lipinski definition) is 1. The molecule has 0 aromatic carbocycles. The quantitative estimate of drug-likeness (QED) is 0.851. The van der Waals surface area contributed by atoms with E-state index in [0.29, 0.717) is 25.4 Å². The average Bonchev–Trinajstić information content (AvgIpc) is 2.91. The van der Waals surface area contributed by atoms with Gasteiger partial charge in [-0.3, -0.25) is 4.79 Å². The van der Waals surface area contributed by atoms with Crippen LogP contribution in [0.15, 0.2) is 18.3 Å². The lowest BCUT2D eigenvalue weighted by Gasteiger charge is -2.45. The Morgan fingerprint density at radius 3 is 2.83 bits per heavy atom. The number of likely N-dealkylation sites (tertiary alicyclic amines) is 1. The van der Waals surface area contributed by atoms with Gasteiger partial charge in [-0.05, 0) is 25.0 Å². The highest BCUT2D eigenvalue weighted by molar-refractivity contribution is 7.88. The van der Waals surface area contributed by atoms with Crippen LogP contribution >= 0.6 is 0 Å². The van der Waals surface area contributed by atoms with E-state index in [9.17, 15) is 13.2 Å². The first-order chi connectivity index (χ1) is 10.8. The monoisotopic (exact) mass is 341 g/mol. The summed E-state index contributed by atoms with van der Waals surface area (Å²) in [6.45, 7) is 1.59. The van der Waals surface area contributed by atoms with Crippen molar-refractivity contribution in [3.8, 4) is 0 Å². The number of rotatable bonds is 3. The van der Waals surface area contributed by atoms with Gasteiger partial charge in [-0.15, -0.1) is 0 Å². The number of aromatic nitrogens is 1. The van der Waals surface area contributed by atoms with Crippen molar-refractivity contribution < 1.29 is 17.9 Å². The topological polar surface area (TPSA) is 80.6 Å². The molecule has 23 heavy (non-hydrogen) atoms. The molecule has 0 spiro atoms. The van der Waals surface area contributed by atoms with Crippen LogP contribution in [0.5, 0.6) is 0 Å². The van der Waals surface area contributed by atoms with E-state index in [2.05, 4.69) is 4.72 Å². The fourth-order valence-electron chi connectivity index (χ4n) is 3.59.